The van der Waals surface area contributed by atoms with Crippen LogP contribution in [0, 0.1) is 0 Å². The monoisotopic (exact) mass is 393 g/mol. The van der Waals surface area contributed by atoms with Crippen LogP contribution in [0.5, 0.6) is 6.01 Å². The molecule has 1 atom stereocenters. The molecule has 0 aliphatic carbocycles. The minimum absolute atomic E-state index is 0.122. The van der Waals surface area contributed by atoms with Crippen molar-refractivity contribution in [3.63, 3.8) is 0 Å². The van der Waals surface area contributed by atoms with Crippen LogP contribution in [0.15, 0.2) is 35.1 Å². The second-order valence-electron chi connectivity index (χ2n) is 5.42. The smallest absolute Gasteiger partial charge is 0.320 e. The van der Waals surface area contributed by atoms with Crippen LogP contribution in [-0.4, -0.2) is 32.3 Å². The van der Waals surface area contributed by atoms with Crippen LogP contribution in [0.3, 0.4) is 0 Å². The van der Waals surface area contributed by atoms with Gasteiger partial charge in [0, 0.05) is 6.42 Å². The zero-order chi connectivity index (χ0) is 17.1. The number of halogens is 2. The second kappa shape index (κ2) is 7.12. The molecule has 0 spiro atoms. The summed E-state index contributed by atoms with van der Waals surface area (Å²) < 4.78 is 21.1. The first kappa shape index (κ1) is 16.6. The molecule has 0 bridgehead atoms. The number of fused-ring (bicyclic) bond motifs is 1. The van der Waals surface area contributed by atoms with E-state index < -0.39 is 6.17 Å². The van der Waals surface area contributed by atoms with Crippen LogP contribution < -0.4 is 10.5 Å². The molecule has 6 nitrogen and oxygen atoms in total. The van der Waals surface area contributed by atoms with Gasteiger partial charge in [0.05, 0.1) is 13.2 Å². The number of ether oxygens (including phenoxy) is 1. The normalized spacial score (nSPS) is 12.5. The second-order valence-corrected chi connectivity index (χ2v) is 6.13. The molecule has 0 radical (unpaired) electrons. The third-order valence-corrected chi connectivity index (χ3v) is 4.06. The molecule has 0 aliphatic heterocycles. The van der Waals surface area contributed by atoms with Gasteiger partial charge in [-0.3, -0.25) is 0 Å². The molecule has 2 heterocycles. The van der Waals surface area contributed by atoms with Crippen molar-refractivity contribution in [1.29, 1.82) is 0 Å². The molecule has 0 saturated carbocycles. The fourth-order valence-electron chi connectivity index (χ4n) is 2.36. The molecule has 3 rings (SSSR count). The number of nitrogen functional groups attached to an aromatic ring is 1. The third-order valence-electron chi connectivity index (χ3n) is 3.45. The number of nitrogens with two attached hydrogens (primary N) is 1. The lowest BCUT2D eigenvalue weighted by molar-refractivity contribution is 0.296. The lowest BCUT2D eigenvalue weighted by Gasteiger charge is -2.08. The molecule has 3 aromatic rings. The fourth-order valence-corrected chi connectivity index (χ4v) is 2.85. The fraction of sp³-hybridized carbons (Fsp3) is 0.312. The third kappa shape index (κ3) is 3.64. The number of rotatable bonds is 6. The molecule has 1 aromatic carbocycles. The van der Waals surface area contributed by atoms with Crippen molar-refractivity contribution in [2.75, 3.05) is 12.3 Å². The summed E-state index contributed by atoms with van der Waals surface area (Å²) in [6.07, 6.45) is -0.315. The topological polar surface area (TPSA) is 78.9 Å². The van der Waals surface area contributed by atoms with Crippen molar-refractivity contribution < 1.29 is 9.13 Å². The largest absolute Gasteiger partial charge is 0.463 e. The van der Waals surface area contributed by atoms with E-state index in [0.717, 1.165) is 12.0 Å². The van der Waals surface area contributed by atoms with Gasteiger partial charge < -0.3 is 15.0 Å². The summed E-state index contributed by atoms with van der Waals surface area (Å²) in [6.45, 7) is 2.01. The van der Waals surface area contributed by atoms with Gasteiger partial charge in [0.2, 0.25) is 0 Å². The Morgan fingerprint density at radius 2 is 2.00 bits per heavy atom. The summed E-state index contributed by atoms with van der Waals surface area (Å²) in [4.78, 5) is 12.7. The first-order valence-corrected chi connectivity index (χ1v) is 8.34. The molecule has 0 aliphatic rings. The molecule has 2 aromatic heterocycles. The van der Waals surface area contributed by atoms with Crippen LogP contribution in [0.25, 0.3) is 11.2 Å². The Hall–Kier alpha value is -2.22. The Kier molecular flexibility index (Phi) is 4.94. The number of benzene rings is 1. The van der Waals surface area contributed by atoms with Gasteiger partial charge in [-0.15, -0.1) is 0 Å². The van der Waals surface area contributed by atoms with Crippen molar-refractivity contribution >= 4 is 32.9 Å². The molecule has 0 saturated heterocycles. The summed E-state index contributed by atoms with van der Waals surface area (Å²) in [5, 5.41) is 0. The average molecular weight is 394 g/mol. The highest BCUT2D eigenvalue weighted by Gasteiger charge is 2.17. The molecule has 0 amide bonds. The van der Waals surface area contributed by atoms with Gasteiger partial charge in [0.25, 0.3) is 0 Å². The van der Waals surface area contributed by atoms with Crippen molar-refractivity contribution in [3.05, 3.63) is 40.6 Å². The number of nitrogens with zero attached hydrogens (tertiary/aromatic N) is 4. The SMILES string of the molecule is CC(F)Cn1c(Br)nc2c(N)nc(OCCc3ccccc3)nc21. The number of hydrogen-bond donors (Lipinski definition) is 1. The summed E-state index contributed by atoms with van der Waals surface area (Å²) in [6, 6.07) is 10.1. The van der Waals surface area contributed by atoms with Crippen LogP contribution in [0.2, 0.25) is 0 Å². The average Bonchev–Trinajstić information content (AvgIpc) is 2.85. The van der Waals surface area contributed by atoms with E-state index in [9.17, 15) is 4.39 Å². The van der Waals surface area contributed by atoms with E-state index in [1.807, 2.05) is 30.3 Å². The Balaban J connectivity index is 1.81. The minimum Gasteiger partial charge on any atom is -0.463 e. The highest BCUT2D eigenvalue weighted by atomic mass is 79.9. The van der Waals surface area contributed by atoms with Crippen molar-refractivity contribution in [2.24, 2.45) is 0 Å². The molecule has 126 valence electrons. The molecule has 2 N–H and O–H groups in total. The maximum atomic E-state index is 13.4. The van der Waals surface area contributed by atoms with E-state index >= 15 is 0 Å². The quantitative estimate of drug-likeness (QED) is 0.650. The Morgan fingerprint density at radius 1 is 1.25 bits per heavy atom. The van der Waals surface area contributed by atoms with Crippen molar-refractivity contribution in [1.82, 2.24) is 19.5 Å². The summed E-state index contributed by atoms with van der Waals surface area (Å²) in [5.41, 5.74) is 7.97. The standard InChI is InChI=1S/C16H17BrFN5O/c1-10(18)9-23-14-12(20-15(23)17)13(19)21-16(22-14)24-8-7-11-5-3-2-4-6-11/h2-6,10H,7-9H2,1H3,(H2,19,21,22). The van der Waals surface area contributed by atoms with Crippen LogP contribution in [0.4, 0.5) is 10.2 Å². The van der Waals surface area contributed by atoms with E-state index in [-0.39, 0.29) is 18.4 Å². The highest BCUT2D eigenvalue weighted by Crippen LogP contribution is 2.25. The summed E-state index contributed by atoms with van der Waals surface area (Å²) in [5.74, 6) is 0.209. The summed E-state index contributed by atoms with van der Waals surface area (Å²) >= 11 is 3.30. The van der Waals surface area contributed by atoms with Crippen molar-refractivity contribution in [2.45, 2.75) is 26.1 Å². The number of alkyl halides is 1. The lowest BCUT2D eigenvalue weighted by Crippen LogP contribution is -2.10. The molecule has 0 fully saturated rings. The maximum Gasteiger partial charge on any atom is 0.320 e. The Morgan fingerprint density at radius 3 is 2.71 bits per heavy atom. The Labute approximate surface area is 147 Å². The van der Waals surface area contributed by atoms with Crippen LogP contribution in [0.1, 0.15) is 12.5 Å². The summed E-state index contributed by atoms with van der Waals surface area (Å²) in [7, 11) is 0. The number of anilines is 1. The molecule has 8 heteroatoms. The zero-order valence-electron chi connectivity index (χ0n) is 13.1. The van der Waals surface area contributed by atoms with Gasteiger partial charge in [0.1, 0.15) is 6.17 Å². The zero-order valence-corrected chi connectivity index (χ0v) is 14.7. The first-order chi connectivity index (χ1) is 11.5. The minimum atomic E-state index is -1.04. The predicted molar refractivity (Wildman–Crippen MR) is 93.6 cm³/mol. The van der Waals surface area contributed by atoms with E-state index in [4.69, 9.17) is 10.5 Å². The van der Waals surface area contributed by atoms with E-state index in [0.29, 0.717) is 22.5 Å². The first-order valence-electron chi connectivity index (χ1n) is 7.54. The number of imidazole rings is 1. The lowest BCUT2D eigenvalue weighted by atomic mass is 10.2. The Bertz CT molecular complexity index is 837. The highest BCUT2D eigenvalue weighted by molar-refractivity contribution is 9.10. The van der Waals surface area contributed by atoms with Gasteiger partial charge in [-0.2, -0.15) is 9.97 Å². The van der Waals surface area contributed by atoms with E-state index in [1.54, 1.807) is 4.57 Å². The van der Waals surface area contributed by atoms with Gasteiger partial charge in [-0.25, -0.2) is 9.37 Å². The molecule has 1 unspecified atom stereocenters. The maximum absolute atomic E-state index is 13.4. The number of hydrogen-bond acceptors (Lipinski definition) is 5. The predicted octanol–water partition coefficient (Wildman–Crippen LogP) is 3.15. The molecular formula is C16H17BrFN5O. The van der Waals surface area contributed by atoms with Gasteiger partial charge in [0.15, 0.2) is 21.7 Å². The molecule has 24 heavy (non-hydrogen) atoms. The number of aromatic nitrogens is 4. The van der Waals surface area contributed by atoms with Gasteiger partial charge >= 0.3 is 6.01 Å². The van der Waals surface area contributed by atoms with Crippen molar-refractivity contribution in [3.8, 4) is 6.01 Å². The van der Waals surface area contributed by atoms with Gasteiger partial charge in [-0.05, 0) is 28.4 Å². The van der Waals surface area contributed by atoms with E-state index in [1.165, 1.54) is 6.92 Å². The van der Waals surface area contributed by atoms with E-state index in [2.05, 4.69) is 30.9 Å². The van der Waals surface area contributed by atoms with Gasteiger partial charge in [-0.1, -0.05) is 30.3 Å². The van der Waals surface area contributed by atoms with Crippen LogP contribution in [-0.2, 0) is 13.0 Å². The molecular weight excluding hydrogens is 377 g/mol. The van der Waals surface area contributed by atoms with Crippen LogP contribution >= 0.6 is 15.9 Å².